The van der Waals surface area contributed by atoms with Crippen LogP contribution >= 0.6 is 34.4 Å². The maximum atomic E-state index is 12.9. The first kappa shape index (κ1) is 22.7. The maximum Gasteiger partial charge on any atom is 0.341 e. The van der Waals surface area contributed by atoms with Gasteiger partial charge in [0.2, 0.25) is 5.91 Å². The van der Waals surface area contributed by atoms with Crippen LogP contribution in [0.1, 0.15) is 5.56 Å². The summed E-state index contributed by atoms with van der Waals surface area (Å²) in [6.45, 7) is -0.951. The van der Waals surface area contributed by atoms with Crippen LogP contribution in [-0.4, -0.2) is 46.2 Å². The zero-order valence-electron chi connectivity index (χ0n) is 15.6. The molecule has 1 aliphatic rings. The molecule has 11 heteroatoms. The number of carbonyl (C=O) groups is 4. The molecule has 160 valence electrons. The second-order valence-corrected chi connectivity index (χ2v) is 8.35. The van der Waals surface area contributed by atoms with Crippen molar-refractivity contribution in [3.63, 3.8) is 0 Å². The van der Waals surface area contributed by atoms with Gasteiger partial charge in [0.25, 0.3) is 11.1 Å². The number of nitrogens with one attached hydrogen (secondary N) is 1. The predicted molar refractivity (Wildman–Crippen MR) is 120 cm³/mol. The lowest BCUT2D eigenvalue weighted by atomic mass is 10.2. The van der Waals surface area contributed by atoms with Gasteiger partial charge in [-0.3, -0.25) is 19.3 Å². The van der Waals surface area contributed by atoms with E-state index in [-0.39, 0.29) is 4.91 Å². The Morgan fingerprint density at radius 2 is 1.90 bits per heavy atom. The summed E-state index contributed by atoms with van der Waals surface area (Å²) >= 11 is 2.68. The summed E-state index contributed by atoms with van der Waals surface area (Å²) < 4.78 is 18.7. The minimum Gasteiger partial charge on any atom is -0.481 e. The molecule has 0 spiro atoms. The molecule has 31 heavy (non-hydrogen) atoms. The molecule has 1 heterocycles. The molecule has 3 rings (SSSR count). The second kappa shape index (κ2) is 9.92. The SMILES string of the molecule is O=C(O)COc1ccc(/C=C2\SC(=O)N(CC(=O)Nc3ccc(F)cc3)C2=O)cc1I. The van der Waals surface area contributed by atoms with Gasteiger partial charge in [0.05, 0.1) is 8.48 Å². The number of carbonyl (C=O) groups excluding carboxylic acids is 3. The van der Waals surface area contributed by atoms with E-state index in [4.69, 9.17) is 9.84 Å². The third-order valence-corrected chi connectivity index (χ3v) is 5.66. The van der Waals surface area contributed by atoms with Gasteiger partial charge in [0.1, 0.15) is 18.1 Å². The minimum atomic E-state index is -1.10. The molecule has 1 fully saturated rings. The largest absolute Gasteiger partial charge is 0.481 e. The zero-order chi connectivity index (χ0) is 22.5. The number of imide groups is 1. The second-order valence-electron chi connectivity index (χ2n) is 6.20. The van der Waals surface area contributed by atoms with E-state index in [9.17, 15) is 23.6 Å². The van der Waals surface area contributed by atoms with Crippen LogP contribution in [0, 0.1) is 9.39 Å². The zero-order valence-corrected chi connectivity index (χ0v) is 18.6. The quantitative estimate of drug-likeness (QED) is 0.396. The maximum absolute atomic E-state index is 12.9. The molecule has 2 aromatic rings. The predicted octanol–water partition coefficient (Wildman–Crippen LogP) is 3.57. The van der Waals surface area contributed by atoms with Crippen molar-refractivity contribution in [2.45, 2.75) is 0 Å². The van der Waals surface area contributed by atoms with Crippen molar-refractivity contribution in [2.24, 2.45) is 0 Å². The number of rotatable bonds is 7. The Balaban J connectivity index is 1.67. The Morgan fingerprint density at radius 1 is 1.19 bits per heavy atom. The number of benzene rings is 2. The van der Waals surface area contributed by atoms with Crippen LogP contribution in [0.3, 0.4) is 0 Å². The summed E-state index contributed by atoms with van der Waals surface area (Å²) in [4.78, 5) is 48.5. The average molecular weight is 556 g/mol. The van der Waals surface area contributed by atoms with Crippen molar-refractivity contribution in [1.29, 1.82) is 0 Å². The molecule has 1 saturated heterocycles. The van der Waals surface area contributed by atoms with Crippen LogP contribution in [0.2, 0.25) is 0 Å². The number of anilines is 1. The van der Waals surface area contributed by atoms with E-state index < -0.39 is 42.0 Å². The number of halogens is 2. The van der Waals surface area contributed by atoms with E-state index >= 15 is 0 Å². The minimum absolute atomic E-state index is 0.148. The molecule has 0 atom stereocenters. The molecule has 0 aromatic heterocycles. The number of ether oxygens (including phenoxy) is 1. The van der Waals surface area contributed by atoms with Gasteiger partial charge < -0.3 is 15.2 Å². The standard InChI is InChI=1S/C20H14FIN2O6S/c21-12-2-4-13(5-3-12)23-17(25)9-24-19(28)16(31-20(24)29)8-11-1-6-15(14(22)7-11)30-10-18(26)27/h1-8H,9-10H2,(H,23,25)(H,26,27)/b16-8-. The molecule has 1 aliphatic heterocycles. The summed E-state index contributed by atoms with van der Waals surface area (Å²) in [6.07, 6.45) is 1.51. The number of hydrogen-bond acceptors (Lipinski definition) is 6. The summed E-state index contributed by atoms with van der Waals surface area (Å²) in [5.74, 6) is -2.37. The molecule has 0 saturated carbocycles. The van der Waals surface area contributed by atoms with Crippen LogP contribution in [0.4, 0.5) is 14.9 Å². The van der Waals surface area contributed by atoms with Gasteiger partial charge in [-0.1, -0.05) is 6.07 Å². The highest BCUT2D eigenvalue weighted by atomic mass is 127. The molecule has 2 N–H and O–H groups in total. The lowest BCUT2D eigenvalue weighted by Crippen LogP contribution is -2.36. The molecular formula is C20H14FIN2O6S. The van der Waals surface area contributed by atoms with Crippen LogP contribution in [0.5, 0.6) is 5.75 Å². The lowest BCUT2D eigenvalue weighted by Gasteiger charge is -2.12. The van der Waals surface area contributed by atoms with Gasteiger partial charge in [-0.15, -0.1) is 0 Å². The van der Waals surface area contributed by atoms with Gasteiger partial charge in [-0.2, -0.15) is 0 Å². The topological polar surface area (TPSA) is 113 Å². The number of carboxylic acids is 1. The lowest BCUT2D eigenvalue weighted by molar-refractivity contribution is -0.139. The number of hydrogen-bond donors (Lipinski definition) is 2. The summed E-state index contributed by atoms with van der Waals surface area (Å²) in [5, 5.41) is 10.6. The molecule has 2 aromatic carbocycles. The highest BCUT2D eigenvalue weighted by molar-refractivity contribution is 14.1. The molecule has 8 nitrogen and oxygen atoms in total. The summed E-state index contributed by atoms with van der Waals surface area (Å²) in [7, 11) is 0. The van der Waals surface area contributed by atoms with E-state index in [1.165, 1.54) is 30.3 Å². The van der Waals surface area contributed by atoms with Gasteiger partial charge in [0.15, 0.2) is 6.61 Å². The van der Waals surface area contributed by atoms with Crippen LogP contribution in [0.25, 0.3) is 6.08 Å². The molecule has 3 amide bonds. The third kappa shape index (κ3) is 6.04. The Morgan fingerprint density at radius 3 is 2.55 bits per heavy atom. The molecule has 0 radical (unpaired) electrons. The summed E-state index contributed by atoms with van der Waals surface area (Å²) in [5.41, 5.74) is 0.946. The highest BCUT2D eigenvalue weighted by Crippen LogP contribution is 2.33. The van der Waals surface area contributed by atoms with Crippen molar-refractivity contribution in [3.8, 4) is 5.75 Å². The Kier molecular flexibility index (Phi) is 7.28. The van der Waals surface area contributed by atoms with Crippen molar-refractivity contribution in [2.75, 3.05) is 18.5 Å². The molecule has 0 unspecified atom stereocenters. The van der Waals surface area contributed by atoms with Crippen molar-refractivity contribution in [3.05, 3.63) is 62.3 Å². The van der Waals surface area contributed by atoms with Crippen LogP contribution in [0.15, 0.2) is 47.4 Å². The van der Waals surface area contributed by atoms with Crippen LogP contribution < -0.4 is 10.1 Å². The fraction of sp³-hybridized carbons (Fsp3) is 0.100. The highest BCUT2D eigenvalue weighted by Gasteiger charge is 2.36. The fourth-order valence-corrected chi connectivity index (χ4v) is 4.06. The van der Waals surface area contributed by atoms with Gasteiger partial charge >= 0.3 is 5.97 Å². The van der Waals surface area contributed by atoms with Gasteiger partial charge in [-0.25, -0.2) is 9.18 Å². The van der Waals surface area contributed by atoms with Crippen molar-refractivity contribution < 1.29 is 33.4 Å². The van der Waals surface area contributed by atoms with E-state index in [0.717, 1.165) is 4.90 Å². The van der Waals surface area contributed by atoms with E-state index in [0.29, 0.717) is 32.3 Å². The Bertz CT molecular complexity index is 1090. The monoisotopic (exact) mass is 556 g/mol. The Labute approximate surface area is 193 Å². The van der Waals surface area contributed by atoms with E-state index in [1.54, 1.807) is 18.2 Å². The van der Waals surface area contributed by atoms with Crippen molar-refractivity contribution >= 4 is 69.1 Å². The first-order chi connectivity index (χ1) is 14.7. The van der Waals surface area contributed by atoms with E-state index in [2.05, 4.69) is 5.32 Å². The first-order valence-corrected chi connectivity index (χ1v) is 10.6. The smallest absolute Gasteiger partial charge is 0.341 e. The summed E-state index contributed by atoms with van der Waals surface area (Å²) in [6, 6.07) is 9.95. The third-order valence-electron chi connectivity index (χ3n) is 3.91. The average Bonchev–Trinajstić information content (AvgIpc) is 2.96. The Hall–Kier alpha value is -2.93. The van der Waals surface area contributed by atoms with Crippen molar-refractivity contribution in [1.82, 2.24) is 4.90 Å². The number of nitrogens with zero attached hydrogens (tertiary/aromatic N) is 1. The number of carboxylic acid groups (broad SMARTS) is 1. The number of thioether (sulfide) groups is 1. The normalized spacial score (nSPS) is 14.8. The van der Waals surface area contributed by atoms with Crippen LogP contribution in [-0.2, 0) is 14.4 Å². The molecule has 0 aliphatic carbocycles. The number of amides is 3. The van der Waals surface area contributed by atoms with E-state index in [1.807, 2.05) is 22.6 Å². The van der Waals surface area contributed by atoms with Gasteiger partial charge in [0, 0.05) is 5.69 Å². The number of aliphatic carboxylic acids is 1. The fourth-order valence-electron chi connectivity index (χ4n) is 2.53. The molecule has 0 bridgehead atoms. The molecular weight excluding hydrogens is 542 g/mol. The van der Waals surface area contributed by atoms with Gasteiger partial charge in [-0.05, 0) is 82.4 Å². The first-order valence-electron chi connectivity index (χ1n) is 8.68.